The highest BCUT2D eigenvalue weighted by Gasteiger charge is 2.67. The van der Waals surface area contributed by atoms with E-state index in [-0.39, 0.29) is 5.41 Å². The Morgan fingerprint density at radius 1 is 1.60 bits per heavy atom. The van der Waals surface area contributed by atoms with E-state index in [2.05, 4.69) is 4.98 Å². The van der Waals surface area contributed by atoms with E-state index in [0.29, 0.717) is 11.6 Å². The molecule has 0 aliphatic heterocycles. The van der Waals surface area contributed by atoms with E-state index in [0.717, 1.165) is 5.56 Å². The van der Waals surface area contributed by atoms with Gasteiger partial charge >= 0.3 is 5.97 Å². The summed E-state index contributed by atoms with van der Waals surface area (Å²) in [6.07, 6.45) is 2.20. The van der Waals surface area contributed by atoms with Gasteiger partial charge in [0.05, 0.1) is 5.41 Å². The monoisotopic (exact) mass is 225 g/mol. The average molecular weight is 226 g/mol. The van der Waals surface area contributed by atoms with E-state index in [4.69, 9.17) is 11.6 Å². The highest BCUT2D eigenvalue weighted by Crippen LogP contribution is 2.64. The third kappa shape index (κ3) is 1.34. The molecule has 1 heterocycles. The molecule has 1 saturated carbocycles. The molecule has 1 aliphatic carbocycles. The smallest absolute Gasteiger partial charge is 0.314 e. The maximum absolute atomic E-state index is 11.3. The Labute approximate surface area is 93.1 Å². The van der Waals surface area contributed by atoms with E-state index in [1.807, 2.05) is 13.8 Å². The molecule has 1 unspecified atom stereocenters. The molecule has 1 aromatic rings. The molecule has 15 heavy (non-hydrogen) atoms. The van der Waals surface area contributed by atoms with Crippen LogP contribution in [0.15, 0.2) is 18.3 Å². The van der Waals surface area contributed by atoms with Gasteiger partial charge in [-0.05, 0) is 29.5 Å². The molecule has 0 radical (unpaired) electrons. The number of hydrogen-bond donors (Lipinski definition) is 1. The topological polar surface area (TPSA) is 50.2 Å². The summed E-state index contributed by atoms with van der Waals surface area (Å²) >= 11 is 5.77. The van der Waals surface area contributed by atoms with Crippen LogP contribution in [0.3, 0.4) is 0 Å². The summed E-state index contributed by atoms with van der Waals surface area (Å²) in [7, 11) is 0. The van der Waals surface area contributed by atoms with Gasteiger partial charge in [0.2, 0.25) is 0 Å². The summed E-state index contributed by atoms with van der Waals surface area (Å²) in [5, 5.41) is 9.66. The number of aromatic nitrogens is 1. The van der Waals surface area contributed by atoms with Gasteiger partial charge in [-0.15, -0.1) is 0 Å². The van der Waals surface area contributed by atoms with Crippen molar-refractivity contribution in [3.05, 3.63) is 29.0 Å². The largest absolute Gasteiger partial charge is 0.481 e. The molecule has 1 atom stereocenters. The van der Waals surface area contributed by atoms with E-state index in [1.54, 1.807) is 18.3 Å². The summed E-state index contributed by atoms with van der Waals surface area (Å²) in [5.74, 6) is -0.783. The maximum atomic E-state index is 11.3. The van der Waals surface area contributed by atoms with Crippen LogP contribution in [0, 0.1) is 5.41 Å². The third-order valence-corrected chi connectivity index (χ3v) is 3.53. The number of carboxylic acid groups (broad SMARTS) is 1. The molecular weight excluding hydrogens is 214 g/mol. The fourth-order valence-corrected chi connectivity index (χ4v) is 2.44. The standard InChI is InChI=1S/C11H12ClNO2/c1-10(2)6-11(10,9(14)15)7-3-4-13-8(12)5-7/h3-5H,6H2,1-2H3,(H,14,15). The lowest BCUT2D eigenvalue weighted by Gasteiger charge is -2.15. The molecule has 2 rings (SSSR count). The summed E-state index contributed by atoms with van der Waals surface area (Å²) in [6.45, 7) is 3.91. The maximum Gasteiger partial charge on any atom is 0.314 e. The minimum absolute atomic E-state index is 0.205. The summed E-state index contributed by atoms with van der Waals surface area (Å²) in [6, 6.07) is 3.37. The van der Waals surface area contributed by atoms with Crippen LogP contribution in [0.2, 0.25) is 5.15 Å². The zero-order valence-electron chi connectivity index (χ0n) is 8.62. The Kier molecular flexibility index (Phi) is 2.05. The number of aliphatic carboxylic acids is 1. The molecule has 80 valence electrons. The predicted molar refractivity (Wildman–Crippen MR) is 57.0 cm³/mol. The van der Waals surface area contributed by atoms with E-state index in [9.17, 15) is 9.90 Å². The van der Waals surface area contributed by atoms with Gasteiger partial charge in [0.15, 0.2) is 0 Å². The van der Waals surface area contributed by atoms with Crippen molar-refractivity contribution in [1.29, 1.82) is 0 Å². The van der Waals surface area contributed by atoms with Gasteiger partial charge in [-0.25, -0.2) is 4.98 Å². The van der Waals surface area contributed by atoms with Crippen LogP contribution >= 0.6 is 11.6 Å². The number of halogens is 1. The first-order chi connectivity index (χ1) is 6.90. The molecule has 0 bridgehead atoms. The number of pyridine rings is 1. The normalized spacial score (nSPS) is 27.4. The molecule has 3 nitrogen and oxygen atoms in total. The number of hydrogen-bond acceptors (Lipinski definition) is 2. The fraction of sp³-hybridized carbons (Fsp3) is 0.455. The highest BCUT2D eigenvalue weighted by atomic mass is 35.5. The Morgan fingerprint density at radius 2 is 2.20 bits per heavy atom. The zero-order chi connectivity index (χ0) is 11.3. The van der Waals surface area contributed by atoms with Crippen molar-refractivity contribution in [3.8, 4) is 0 Å². The van der Waals surface area contributed by atoms with E-state index < -0.39 is 11.4 Å². The second-order valence-electron chi connectivity index (χ2n) is 4.64. The minimum atomic E-state index is -0.783. The van der Waals surface area contributed by atoms with Crippen LogP contribution in [0.25, 0.3) is 0 Å². The Balaban J connectivity index is 2.50. The first-order valence-electron chi connectivity index (χ1n) is 4.75. The van der Waals surface area contributed by atoms with Gasteiger partial charge in [-0.2, -0.15) is 0 Å². The molecule has 0 amide bonds. The summed E-state index contributed by atoms with van der Waals surface area (Å²) < 4.78 is 0. The molecule has 4 heteroatoms. The van der Waals surface area contributed by atoms with E-state index in [1.165, 1.54) is 0 Å². The SMILES string of the molecule is CC1(C)CC1(C(=O)O)c1ccnc(Cl)c1. The predicted octanol–water partition coefficient (Wildman–Crippen LogP) is 2.49. The van der Waals surface area contributed by atoms with Crippen molar-refractivity contribution < 1.29 is 9.90 Å². The van der Waals surface area contributed by atoms with Gasteiger partial charge in [-0.1, -0.05) is 25.4 Å². The zero-order valence-corrected chi connectivity index (χ0v) is 9.38. The minimum Gasteiger partial charge on any atom is -0.481 e. The van der Waals surface area contributed by atoms with Crippen LogP contribution in [0.5, 0.6) is 0 Å². The first kappa shape index (κ1) is 10.4. The van der Waals surface area contributed by atoms with Gasteiger partial charge in [0, 0.05) is 6.20 Å². The van der Waals surface area contributed by atoms with Gasteiger partial charge in [-0.3, -0.25) is 4.79 Å². The van der Waals surface area contributed by atoms with Gasteiger partial charge in [0.25, 0.3) is 0 Å². The lowest BCUT2D eigenvalue weighted by molar-refractivity contribution is -0.141. The molecule has 0 aromatic carbocycles. The quantitative estimate of drug-likeness (QED) is 0.787. The molecule has 1 aliphatic rings. The third-order valence-electron chi connectivity index (χ3n) is 3.32. The molecule has 0 saturated heterocycles. The van der Waals surface area contributed by atoms with Gasteiger partial charge in [0.1, 0.15) is 5.15 Å². The Bertz CT molecular complexity index is 430. The summed E-state index contributed by atoms with van der Waals surface area (Å²) in [4.78, 5) is 15.2. The number of nitrogens with zero attached hydrogens (tertiary/aromatic N) is 1. The van der Waals surface area contributed by atoms with Crippen LogP contribution in [-0.4, -0.2) is 16.1 Å². The van der Waals surface area contributed by atoms with Crippen molar-refractivity contribution in [1.82, 2.24) is 4.98 Å². The van der Waals surface area contributed by atoms with Crippen molar-refractivity contribution in [3.63, 3.8) is 0 Å². The van der Waals surface area contributed by atoms with Crippen molar-refractivity contribution in [2.45, 2.75) is 25.7 Å². The second kappa shape index (κ2) is 2.95. The molecule has 1 fully saturated rings. The fourth-order valence-electron chi connectivity index (χ4n) is 2.27. The Morgan fingerprint density at radius 3 is 2.60 bits per heavy atom. The van der Waals surface area contributed by atoms with Crippen LogP contribution in [-0.2, 0) is 10.2 Å². The van der Waals surface area contributed by atoms with Crippen LogP contribution in [0.1, 0.15) is 25.8 Å². The average Bonchev–Trinajstić information content (AvgIpc) is 2.71. The second-order valence-corrected chi connectivity index (χ2v) is 5.03. The lowest BCUT2D eigenvalue weighted by atomic mass is 9.89. The number of carboxylic acids is 1. The Hall–Kier alpha value is -1.09. The molecule has 1 aromatic heterocycles. The van der Waals surface area contributed by atoms with E-state index >= 15 is 0 Å². The molecule has 1 N–H and O–H groups in total. The number of carbonyl (C=O) groups is 1. The van der Waals surface area contributed by atoms with Gasteiger partial charge < -0.3 is 5.11 Å². The summed E-state index contributed by atoms with van der Waals surface area (Å²) in [5.41, 5.74) is -0.233. The molecular formula is C11H12ClNO2. The van der Waals surface area contributed by atoms with Crippen molar-refractivity contribution in [2.75, 3.05) is 0 Å². The van der Waals surface area contributed by atoms with Crippen molar-refractivity contribution in [2.24, 2.45) is 5.41 Å². The highest BCUT2D eigenvalue weighted by molar-refractivity contribution is 6.29. The van der Waals surface area contributed by atoms with Crippen LogP contribution in [0.4, 0.5) is 0 Å². The first-order valence-corrected chi connectivity index (χ1v) is 5.13. The number of rotatable bonds is 2. The van der Waals surface area contributed by atoms with Crippen LogP contribution < -0.4 is 0 Å². The van der Waals surface area contributed by atoms with Crippen molar-refractivity contribution >= 4 is 17.6 Å². The lowest BCUT2D eigenvalue weighted by Crippen LogP contribution is -2.25. The molecule has 0 spiro atoms.